The maximum atomic E-state index is 12.9. The Labute approximate surface area is 161 Å². The summed E-state index contributed by atoms with van der Waals surface area (Å²) in [6.45, 7) is 4.14. The van der Waals surface area contributed by atoms with Crippen molar-refractivity contribution in [3.05, 3.63) is 59.5 Å². The fourth-order valence-electron chi connectivity index (χ4n) is 2.90. The van der Waals surface area contributed by atoms with Crippen molar-refractivity contribution in [2.75, 3.05) is 13.1 Å². The Morgan fingerprint density at radius 2 is 1.96 bits per heavy atom. The Balaban J connectivity index is 1.91. The summed E-state index contributed by atoms with van der Waals surface area (Å²) < 4.78 is 43.7. The molecule has 1 heterocycles. The Kier molecular flexibility index (Phi) is 7.25. The summed E-state index contributed by atoms with van der Waals surface area (Å²) in [5.74, 6) is -0.346. The van der Waals surface area contributed by atoms with Crippen LogP contribution in [-0.2, 0) is 11.0 Å². The highest BCUT2D eigenvalue weighted by atomic mass is 19.4. The minimum absolute atomic E-state index is 0.176. The van der Waals surface area contributed by atoms with Crippen LogP contribution in [-0.4, -0.2) is 29.8 Å². The molecular formula is C20H23F3N2O3. The van der Waals surface area contributed by atoms with Crippen molar-refractivity contribution in [1.29, 1.82) is 0 Å². The van der Waals surface area contributed by atoms with E-state index in [1.807, 2.05) is 0 Å². The van der Waals surface area contributed by atoms with E-state index in [4.69, 9.17) is 4.42 Å². The number of nitrogens with zero attached hydrogens (tertiary/aromatic N) is 1. The number of nitrogens with one attached hydrogen (secondary N) is 1. The van der Waals surface area contributed by atoms with Crippen molar-refractivity contribution < 1.29 is 27.2 Å². The summed E-state index contributed by atoms with van der Waals surface area (Å²) in [7, 11) is 0. The molecule has 1 atom stereocenters. The Hall–Kier alpha value is -2.77. The first-order valence-electron chi connectivity index (χ1n) is 9.02. The summed E-state index contributed by atoms with van der Waals surface area (Å²) in [5, 5.41) is 2.65. The van der Waals surface area contributed by atoms with Crippen molar-refractivity contribution in [1.82, 2.24) is 10.2 Å². The predicted octanol–water partition coefficient (Wildman–Crippen LogP) is 4.42. The van der Waals surface area contributed by atoms with E-state index in [9.17, 15) is 22.8 Å². The van der Waals surface area contributed by atoms with Gasteiger partial charge in [-0.1, -0.05) is 12.1 Å². The van der Waals surface area contributed by atoms with Gasteiger partial charge in [0.15, 0.2) is 5.76 Å². The molecule has 0 radical (unpaired) electrons. The monoisotopic (exact) mass is 396 g/mol. The van der Waals surface area contributed by atoms with Crippen molar-refractivity contribution in [3.8, 4) is 0 Å². The molecular weight excluding hydrogens is 373 g/mol. The lowest BCUT2D eigenvalue weighted by molar-refractivity contribution is -0.137. The van der Waals surface area contributed by atoms with E-state index in [0.29, 0.717) is 25.1 Å². The number of benzene rings is 1. The van der Waals surface area contributed by atoms with E-state index >= 15 is 0 Å². The zero-order valence-electron chi connectivity index (χ0n) is 15.8. The normalized spacial score (nSPS) is 12.5. The van der Waals surface area contributed by atoms with Gasteiger partial charge in [-0.05, 0) is 50.1 Å². The molecule has 1 aromatic carbocycles. The third kappa shape index (κ3) is 5.61. The fourth-order valence-corrected chi connectivity index (χ4v) is 2.90. The lowest BCUT2D eigenvalue weighted by atomic mass is 10.0. The molecule has 8 heteroatoms. The average molecular weight is 396 g/mol. The van der Waals surface area contributed by atoms with Crippen LogP contribution < -0.4 is 5.32 Å². The van der Waals surface area contributed by atoms with Crippen LogP contribution in [0.5, 0.6) is 0 Å². The number of rotatable bonds is 8. The molecule has 0 bridgehead atoms. The molecule has 0 saturated heterocycles. The highest BCUT2D eigenvalue weighted by molar-refractivity contribution is 5.91. The quantitative estimate of drug-likeness (QED) is 0.672. The third-order valence-electron chi connectivity index (χ3n) is 4.42. The van der Waals surface area contributed by atoms with Gasteiger partial charge < -0.3 is 14.6 Å². The molecule has 0 fully saturated rings. The van der Waals surface area contributed by atoms with Gasteiger partial charge in [0.05, 0.1) is 17.9 Å². The van der Waals surface area contributed by atoms with Gasteiger partial charge in [-0.15, -0.1) is 0 Å². The van der Waals surface area contributed by atoms with Gasteiger partial charge in [0.1, 0.15) is 0 Å². The first-order chi connectivity index (χ1) is 13.2. The van der Waals surface area contributed by atoms with Crippen LogP contribution in [0.1, 0.15) is 54.4 Å². The number of carbonyl (C=O) groups excluding carboxylic acids is 2. The summed E-state index contributed by atoms with van der Waals surface area (Å²) >= 11 is 0. The first-order valence-corrected chi connectivity index (χ1v) is 9.02. The largest absolute Gasteiger partial charge is 0.459 e. The maximum absolute atomic E-state index is 12.9. The second kappa shape index (κ2) is 9.43. The van der Waals surface area contributed by atoms with Crippen molar-refractivity contribution in [2.24, 2.45) is 0 Å². The Morgan fingerprint density at radius 3 is 2.57 bits per heavy atom. The van der Waals surface area contributed by atoms with E-state index in [-0.39, 0.29) is 24.0 Å². The topological polar surface area (TPSA) is 62.6 Å². The van der Waals surface area contributed by atoms with Crippen molar-refractivity contribution in [2.45, 2.75) is 38.9 Å². The van der Waals surface area contributed by atoms with Crippen LogP contribution in [0.25, 0.3) is 0 Å². The van der Waals surface area contributed by atoms with E-state index in [1.54, 1.807) is 26.0 Å². The van der Waals surface area contributed by atoms with Gasteiger partial charge in [-0.25, -0.2) is 0 Å². The lowest BCUT2D eigenvalue weighted by Gasteiger charge is -2.29. The van der Waals surface area contributed by atoms with Crippen LogP contribution in [0.3, 0.4) is 0 Å². The molecule has 0 spiro atoms. The average Bonchev–Trinajstić information content (AvgIpc) is 3.20. The number of halogens is 3. The van der Waals surface area contributed by atoms with E-state index in [2.05, 4.69) is 5.32 Å². The van der Waals surface area contributed by atoms with E-state index < -0.39 is 17.8 Å². The number of furan rings is 1. The molecule has 0 saturated carbocycles. The smallest absolute Gasteiger partial charge is 0.416 e. The minimum atomic E-state index is -4.43. The van der Waals surface area contributed by atoms with Gasteiger partial charge in [0, 0.05) is 19.5 Å². The molecule has 0 aliphatic heterocycles. The molecule has 2 amide bonds. The van der Waals surface area contributed by atoms with Gasteiger partial charge in [-0.3, -0.25) is 9.59 Å². The van der Waals surface area contributed by atoms with Crippen LogP contribution in [0.2, 0.25) is 0 Å². The second-order valence-electron chi connectivity index (χ2n) is 6.32. The molecule has 0 aliphatic carbocycles. The minimum Gasteiger partial charge on any atom is -0.459 e. The van der Waals surface area contributed by atoms with Gasteiger partial charge >= 0.3 is 6.18 Å². The van der Waals surface area contributed by atoms with Gasteiger partial charge in [-0.2, -0.15) is 13.2 Å². The fraction of sp³-hybridized carbons (Fsp3) is 0.400. The molecule has 1 unspecified atom stereocenters. The summed E-state index contributed by atoms with van der Waals surface area (Å²) in [5.41, 5.74) is -0.308. The summed E-state index contributed by atoms with van der Waals surface area (Å²) in [6, 6.07) is 7.66. The number of hydrogen-bond acceptors (Lipinski definition) is 3. The number of amides is 2. The molecule has 1 aromatic heterocycles. The molecule has 2 aromatic rings. The van der Waals surface area contributed by atoms with E-state index in [0.717, 1.165) is 12.1 Å². The molecule has 5 nitrogen and oxygen atoms in total. The van der Waals surface area contributed by atoms with Crippen LogP contribution in [0, 0.1) is 0 Å². The molecule has 1 N–H and O–H groups in total. The molecule has 28 heavy (non-hydrogen) atoms. The van der Waals surface area contributed by atoms with Crippen molar-refractivity contribution in [3.63, 3.8) is 0 Å². The second-order valence-corrected chi connectivity index (χ2v) is 6.32. The Morgan fingerprint density at radius 1 is 1.21 bits per heavy atom. The van der Waals surface area contributed by atoms with Crippen LogP contribution in [0.15, 0.2) is 47.1 Å². The standard InChI is InChI=1S/C20H23F3N2O3/c1-3-25(14(2)15-7-4-8-16(13-15)20(21,22)23)18(26)10-5-11-24-19(27)17-9-6-12-28-17/h4,6-9,12-14H,3,5,10-11H2,1-2H3,(H,24,27). The van der Waals surface area contributed by atoms with Crippen LogP contribution in [0.4, 0.5) is 13.2 Å². The number of hydrogen-bond donors (Lipinski definition) is 1. The maximum Gasteiger partial charge on any atom is 0.416 e. The highest BCUT2D eigenvalue weighted by Gasteiger charge is 2.31. The molecule has 2 rings (SSSR count). The van der Waals surface area contributed by atoms with Crippen LogP contribution >= 0.6 is 0 Å². The predicted molar refractivity (Wildman–Crippen MR) is 97.5 cm³/mol. The SMILES string of the molecule is CCN(C(=O)CCCNC(=O)c1ccco1)C(C)c1cccc(C(F)(F)F)c1. The summed E-state index contributed by atoms with van der Waals surface area (Å²) in [4.78, 5) is 25.8. The van der Waals surface area contributed by atoms with Gasteiger partial charge in [0.25, 0.3) is 5.91 Å². The number of carbonyl (C=O) groups is 2. The van der Waals surface area contributed by atoms with Crippen molar-refractivity contribution >= 4 is 11.8 Å². The lowest BCUT2D eigenvalue weighted by Crippen LogP contribution is -2.34. The first kappa shape index (κ1) is 21.5. The highest BCUT2D eigenvalue weighted by Crippen LogP contribution is 2.32. The Bertz CT molecular complexity index is 788. The molecule has 152 valence electrons. The summed E-state index contributed by atoms with van der Waals surface area (Å²) in [6.07, 6.45) is -2.44. The van der Waals surface area contributed by atoms with Gasteiger partial charge in [0.2, 0.25) is 5.91 Å². The number of alkyl halides is 3. The molecule has 0 aliphatic rings. The zero-order valence-corrected chi connectivity index (χ0v) is 15.8. The van der Waals surface area contributed by atoms with E-state index in [1.165, 1.54) is 23.3 Å². The third-order valence-corrected chi connectivity index (χ3v) is 4.42. The zero-order chi connectivity index (χ0) is 20.7.